The van der Waals surface area contributed by atoms with Crippen LogP contribution >= 0.6 is 12.2 Å². The van der Waals surface area contributed by atoms with E-state index in [0.29, 0.717) is 18.2 Å². The molecule has 0 heterocycles. The minimum atomic E-state index is -0.289. The molecule has 0 aromatic heterocycles. The molecule has 4 heteroatoms. The van der Waals surface area contributed by atoms with Crippen LogP contribution in [0.25, 0.3) is 0 Å². The second-order valence-electron chi connectivity index (χ2n) is 4.43. The molecule has 0 aliphatic rings. The lowest BCUT2D eigenvalue weighted by Crippen LogP contribution is -2.26. The van der Waals surface area contributed by atoms with Gasteiger partial charge in [-0.15, -0.1) is 0 Å². The van der Waals surface area contributed by atoms with Crippen LogP contribution < -0.4 is 0 Å². The summed E-state index contributed by atoms with van der Waals surface area (Å²) < 4.78 is 5.21. The van der Waals surface area contributed by atoms with Gasteiger partial charge in [0.2, 0.25) is 0 Å². The van der Waals surface area contributed by atoms with Gasteiger partial charge in [-0.3, -0.25) is 4.79 Å². The van der Waals surface area contributed by atoms with E-state index in [1.165, 1.54) is 0 Å². The first-order valence-electron chi connectivity index (χ1n) is 4.62. The lowest BCUT2D eigenvalue weighted by molar-refractivity contribution is -0.126. The number of thiocarbonyl (C=S) groups is 1. The molecule has 0 fully saturated rings. The number of rotatable bonds is 3. The molecule has 0 atom stereocenters. The maximum Gasteiger partial charge on any atom is 0.258 e. The maximum absolute atomic E-state index is 11.5. The SMILES string of the molecule is CN(C)C(=S)OCCC(=O)C(C)(C)C. The predicted octanol–water partition coefficient (Wildman–Crippen LogP) is 1.85. The summed E-state index contributed by atoms with van der Waals surface area (Å²) in [4.78, 5) is 13.2. The summed E-state index contributed by atoms with van der Waals surface area (Å²) in [7, 11) is 3.63. The summed E-state index contributed by atoms with van der Waals surface area (Å²) in [6.07, 6.45) is 0.414. The summed E-state index contributed by atoms with van der Waals surface area (Å²) in [5.41, 5.74) is -0.289. The van der Waals surface area contributed by atoms with Crippen LogP contribution in [0.15, 0.2) is 0 Å². The normalized spacial score (nSPS) is 10.9. The van der Waals surface area contributed by atoms with Gasteiger partial charge < -0.3 is 9.64 Å². The van der Waals surface area contributed by atoms with Crippen LogP contribution in [0.2, 0.25) is 0 Å². The Morgan fingerprint density at radius 3 is 2.21 bits per heavy atom. The summed E-state index contributed by atoms with van der Waals surface area (Å²) in [5, 5.41) is 0.423. The Balaban J connectivity index is 3.76. The Kier molecular flexibility index (Phi) is 5.05. The van der Waals surface area contributed by atoms with E-state index in [1.807, 2.05) is 34.9 Å². The Morgan fingerprint density at radius 2 is 1.86 bits per heavy atom. The van der Waals surface area contributed by atoms with Crippen LogP contribution in [-0.4, -0.2) is 36.6 Å². The van der Waals surface area contributed by atoms with Crippen molar-refractivity contribution >= 4 is 23.2 Å². The third-order valence-corrected chi connectivity index (χ3v) is 2.24. The highest BCUT2D eigenvalue weighted by Gasteiger charge is 2.20. The van der Waals surface area contributed by atoms with Crippen molar-refractivity contribution in [1.82, 2.24) is 4.90 Å². The Labute approximate surface area is 91.4 Å². The summed E-state index contributed by atoms with van der Waals surface area (Å²) in [5.74, 6) is 0.194. The number of Topliss-reactive ketones (excluding diaryl/α,β-unsaturated/α-hetero) is 1. The second kappa shape index (κ2) is 5.29. The van der Waals surface area contributed by atoms with Crippen molar-refractivity contribution < 1.29 is 9.53 Å². The van der Waals surface area contributed by atoms with Crippen molar-refractivity contribution in [3.8, 4) is 0 Å². The number of nitrogens with zero attached hydrogens (tertiary/aromatic N) is 1. The average Bonchev–Trinajstić information content (AvgIpc) is 2.01. The molecule has 14 heavy (non-hydrogen) atoms. The molecule has 0 saturated heterocycles. The molecule has 0 unspecified atom stereocenters. The highest BCUT2D eigenvalue weighted by atomic mass is 32.1. The molecule has 0 aliphatic carbocycles. The maximum atomic E-state index is 11.5. The van der Waals surface area contributed by atoms with Crippen molar-refractivity contribution in [2.75, 3.05) is 20.7 Å². The van der Waals surface area contributed by atoms with Gasteiger partial charge in [0.15, 0.2) is 0 Å². The van der Waals surface area contributed by atoms with E-state index in [4.69, 9.17) is 17.0 Å². The Morgan fingerprint density at radius 1 is 1.36 bits per heavy atom. The molecule has 0 amide bonds. The van der Waals surface area contributed by atoms with Gasteiger partial charge in [0.1, 0.15) is 5.78 Å². The molecule has 0 N–H and O–H groups in total. The van der Waals surface area contributed by atoms with Crippen LogP contribution in [0.1, 0.15) is 27.2 Å². The number of carbonyl (C=O) groups excluding carboxylic acids is 1. The second-order valence-corrected chi connectivity index (χ2v) is 4.78. The summed E-state index contributed by atoms with van der Waals surface area (Å²) in [6, 6.07) is 0. The zero-order valence-electron chi connectivity index (χ0n) is 9.59. The molecule has 0 aromatic rings. The number of ether oxygens (including phenoxy) is 1. The van der Waals surface area contributed by atoms with E-state index in [9.17, 15) is 4.79 Å². The minimum absolute atomic E-state index is 0.194. The molecule has 0 rings (SSSR count). The average molecular weight is 217 g/mol. The zero-order valence-corrected chi connectivity index (χ0v) is 10.4. The Bertz CT molecular complexity index is 219. The first-order chi connectivity index (χ1) is 6.25. The van der Waals surface area contributed by atoms with Crippen LogP contribution in [0.3, 0.4) is 0 Å². The van der Waals surface area contributed by atoms with E-state index < -0.39 is 0 Å². The summed E-state index contributed by atoms with van der Waals surface area (Å²) >= 11 is 4.92. The lowest BCUT2D eigenvalue weighted by atomic mass is 9.89. The number of carbonyl (C=O) groups is 1. The predicted molar refractivity (Wildman–Crippen MR) is 61.3 cm³/mol. The zero-order chi connectivity index (χ0) is 11.4. The fourth-order valence-corrected chi connectivity index (χ4v) is 0.818. The molecule has 0 bridgehead atoms. The highest BCUT2D eigenvalue weighted by Crippen LogP contribution is 2.16. The van der Waals surface area contributed by atoms with Gasteiger partial charge >= 0.3 is 0 Å². The topological polar surface area (TPSA) is 29.5 Å². The number of hydrogen-bond donors (Lipinski definition) is 0. The van der Waals surface area contributed by atoms with Crippen LogP contribution in [0.4, 0.5) is 0 Å². The molecule has 0 aliphatic heterocycles. The molecule has 0 spiro atoms. The van der Waals surface area contributed by atoms with Crippen molar-refractivity contribution in [3.63, 3.8) is 0 Å². The van der Waals surface area contributed by atoms with Gasteiger partial charge in [-0.05, 0) is 12.2 Å². The fourth-order valence-electron chi connectivity index (χ4n) is 0.735. The van der Waals surface area contributed by atoms with Crippen molar-refractivity contribution in [2.45, 2.75) is 27.2 Å². The number of ketones is 1. The lowest BCUT2D eigenvalue weighted by Gasteiger charge is -2.18. The van der Waals surface area contributed by atoms with Crippen molar-refractivity contribution in [2.24, 2.45) is 5.41 Å². The molecule has 0 aromatic carbocycles. The molecular weight excluding hydrogens is 198 g/mol. The third-order valence-electron chi connectivity index (χ3n) is 1.76. The largest absolute Gasteiger partial charge is 0.470 e. The Hall–Kier alpha value is -0.640. The van der Waals surface area contributed by atoms with Crippen molar-refractivity contribution in [1.29, 1.82) is 0 Å². The monoisotopic (exact) mass is 217 g/mol. The van der Waals surface area contributed by atoms with Crippen molar-refractivity contribution in [3.05, 3.63) is 0 Å². The molecular formula is C10H19NO2S. The van der Waals surface area contributed by atoms with Gasteiger partial charge in [0, 0.05) is 25.9 Å². The molecule has 0 saturated carbocycles. The van der Waals surface area contributed by atoms with Gasteiger partial charge in [0.25, 0.3) is 5.17 Å². The van der Waals surface area contributed by atoms with E-state index in [1.54, 1.807) is 4.90 Å². The fraction of sp³-hybridized carbons (Fsp3) is 0.800. The number of hydrogen-bond acceptors (Lipinski definition) is 3. The molecule has 82 valence electrons. The first-order valence-corrected chi connectivity index (χ1v) is 5.03. The van der Waals surface area contributed by atoms with Crippen LogP contribution in [0.5, 0.6) is 0 Å². The van der Waals surface area contributed by atoms with Gasteiger partial charge in [-0.1, -0.05) is 20.8 Å². The van der Waals surface area contributed by atoms with Gasteiger partial charge in [-0.25, -0.2) is 0 Å². The quantitative estimate of drug-likeness (QED) is 0.675. The van der Waals surface area contributed by atoms with E-state index in [-0.39, 0.29) is 11.2 Å². The first kappa shape index (κ1) is 13.4. The standard InChI is InChI=1S/C10H19NO2S/c1-10(2,3)8(12)6-7-13-9(14)11(4)5/h6-7H2,1-5H3. The summed E-state index contributed by atoms with van der Waals surface area (Å²) in [6.45, 7) is 6.08. The van der Waals surface area contributed by atoms with E-state index in [0.717, 1.165) is 0 Å². The minimum Gasteiger partial charge on any atom is -0.470 e. The molecule has 3 nitrogen and oxygen atoms in total. The highest BCUT2D eigenvalue weighted by molar-refractivity contribution is 7.80. The van der Waals surface area contributed by atoms with E-state index >= 15 is 0 Å². The van der Waals surface area contributed by atoms with Gasteiger partial charge in [-0.2, -0.15) is 0 Å². The van der Waals surface area contributed by atoms with Crippen LogP contribution in [-0.2, 0) is 9.53 Å². The van der Waals surface area contributed by atoms with E-state index in [2.05, 4.69) is 0 Å². The van der Waals surface area contributed by atoms with Gasteiger partial charge in [0.05, 0.1) is 6.61 Å². The molecule has 0 radical (unpaired) electrons. The van der Waals surface area contributed by atoms with Crippen LogP contribution in [0, 0.1) is 5.41 Å². The smallest absolute Gasteiger partial charge is 0.258 e. The third kappa shape index (κ3) is 5.17.